The first-order chi connectivity index (χ1) is 13.5. The lowest BCUT2D eigenvalue weighted by Crippen LogP contribution is -2.45. The van der Waals surface area contributed by atoms with Crippen molar-refractivity contribution in [3.8, 4) is 0 Å². The van der Waals surface area contributed by atoms with Gasteiger partial charge in [-0.05, 0) is 48.7 Å². The van der Waals surface area contributed by atoms with Crippen LogP contribution in [0.5, 0.6) is 0 Å². The standard InChI is InChI=1S/C21H29N3O3S/c1-2-13-24-14-10-19(11-15-24)23-21(25)9-12-22-28(26,27)20-8-7-17-5-3-4-6-18(17)16-20/h3-8,16,19,22H,2,9-15H2,1H3,(H,23,25). The predicted molar refractivity (Wildman–Crippen MR) is 112 cm³/mol. The Morgan fingerprint density at radius 1 is 1.11 bits per heavy atom. The number of nitrogens with one attached hydrogen (secondary N) is 2. The molecule has 2 aromatic rings. The molecule has 6 nitrogen and oxygen atoms in total. The van der Waals surface area contributed by atoms with E-state index < -0.39 is 10.0 Å². The monoisotopic (exact) mass is 403 g/mol. The summed E-state index contributed by atoms with van der Waals surface area (Å²) in [5.41, 5.74) is 0. The number of fused-ring (bicyclic) bond motifs is 1. The molecule has 1 amide bonds. The number of likely N-dealkylation sites (tertiary alicyclic amines) is 1. The first-order valence-corrected chi connectivity index (χ1v) is 11.5. The zero-order chi connectivity index (χ0) is 20.0. The molecule has 3 rings (SSSR count). The van der Waals surface area contributed by atoms with Crippen molar-refractivity contribution in [2.45, 2.75) is 43.5 Å². The number of piperidine rings is 1. The molecule has 2 N–H and O–H groups in total. The Bertz CT molecular complexity index is 906. The summed E-state index contributed by atoms with van der Waals surface area (Å²) in [6.45, 7) is 5.39. The third kappa shape index (κ3) is 5.53. The van der Waals surface area contributed by atoms with E-state index >= 15 is 0 Å². The van der Waals surface area contributed by atoms with Gasteiger partial charge in [-0.25, -0.2) is 13.1 Å². The number of benzene rings is 2. The van der Waals surface area contributed by atoms with Crippen molar-refractivity contribution in [2.75, 3.05) is 26.2 Å². The molecule has 2 aromatic carbocycles. The molecule has 0 radical (unpaired) electrons. The average Bonchev–Trinajstić information content (AvgIpc) is 2.69. The fourth-order valence-electron chi connectivity index (χ4n) is 3.63. The molecule has 1 aliphatic heterocycles. The maximum absolute atomic E-state index is 12.5. The number of carbonyl (C=O) groups is 1. The van der Waals surface area contributed by atoms with Gasteiger partial charge in [0.15, 0.2) is 0 Å². The van der Waals surface area contributed by atoms with Gasteiger partial charge in [0, 0.05) is 32.1 Å². The molecule has 0 aromatic heterocycles. The summed E-state index contributed by atoms with van der Waals surface area (Å²) < 4.78 is 27.5. The average molecular weight is 404 g/mol. The minimum Gasteiger partial charge on any atom is -0.353 e. The molecule has 28 heavy (non-hydrogen) atoms. The van der Waals surface area contributed by atoms with Crippen LogP contribution >= 0.6 is 0 Å². The van der Waals surface area contributed by atoms with Gasteiger partial charge in [0.1, 0.15) is 0 Å². The second-order valence-electron chi connectivity index (χ2n) is 7.34. The highest BCUT2D eigenvalue weighted by atomic mass is 32.2. The molecular weight excluding hydrogens is 374 g/mol. The maximum atomic E-state index is 12.5. The molecular formula is C21H29N3O3S. The van der Waals surface area contributed by atoms with E-state index in [4.69, 9.17) is 0 Å². The number of hydrogen-bond acceptors (Lipinski definition) is 4. The molecule has 1 heterocycles. The highest BCUT2D eigenvalue weighted by Crippen LogP contribution is 2.18. The minimum atomic E-state index is -3.63. The van der Waals surface area contributed by atoms with E-state index in [0.29, 0.717) is 0 Å². The van der Waals surface area contributed by atoms with Crippen LogP contribution in [0.3, 0.4) is 0 Å². The van der Waals surface area contributed by atoms with Crippen molar-refractivity contribution in [1.29, 1.82) is 0 Å². The van der Waals surface area contributed by atoms with Crippen molar-refractivity contribution >= 4 is 26.7 Å². The molecule has 152 valence electrons. The van der Waals surface area contributed by atoms with Crippen molar-refractivity contribution < 1.29 is 13.2 Å². The predicted octanol–water partition coefficient (Wildman–Crippen LogP) is 2.50. The van der Waals surface area contributed by atoms with Gasteiger partial charge in [-0.15, -0.1) is 0 Å². The number of carbonyl (C=O) groups excluding carboxylic acids is 1. The van der Waals surface area contributed by atoms with E-state index in [2.05, 4.69) is 21.9 Å². The number of rotatable bonds is 8. The molecule has 0 unspecified atom stereocenters. The Hall–Kier alpha value is -1.96. The fraction of sp³-hybridized carbons (Fsp3) is 0.476. The van der Waals surface area contributed by atoms with Gasteiger partial charge in [-0.2, -0.15) is 0 Å². The van der Waals surface area contributed by atoms with Crippen LogP contribution in [0.4, 0.5) is 0 Å². The zero-order valence-electron chi connectivity index (χ0n) is 16.4. The smallest absolute Gasteiger partial charge is 0.240 e. The van der Waals surface area contributed by atoms with Crippen LogP contribution in [0.15, 0.2) is 47.4 Å². The maximum Gasteiger partial charge on any atom is 0.240 e. The number of amides is 1. The summed E-state index contributed by atoms with van der Waals surface area (Å²) in [5.74, 6) is -0.102. The number of hydrogen-bond donors (Lipinski definition) is 2. The molecule has 1 aliphatic rings. The minimum absolute atomic E-state index is 0.0929. The zero-order valence-corrected chi connectivity index (χ0v) is 17.2. The summed E-state index contributed by atoms with van der Waals surface area (Å²) in [4.78, 5) is 14.8. The largest absolute Gasteiger partial charge is 0.353 e. The van der Waals surface area contributed by atoms with Gasteiger partial charge in [0.25, 0.3) is 0 Å². The van der Waals surface area contributed by atoms with Gasteiger partial charge < -0.3 is 10.2 Å². The van der Waals surface area contributed by atoms with Crippen LogP contribution in [0.1, 0.15) is 32.6 Å². The van der Waals surface area contributed by atoms with E-state index in [9.17, 15) is 13.2 Å². The van der Waals surface area contributed by atoms with Crippen LogP contribution in [0, 0.1) is 0 Å². The molecule has 7 heteroatoms. The molecule has 0 bridgehead atoms. The Balaban J connectivity index is 1.46. The van der Waals surface area contributed by atoms with Gasteiger partial charge in [-0.1, -0.05) is 37.3 Å². The molecule has 1 fully saturated rings. The lowest BCUT2D eigenvalue weighted by Gasteiger charge is -2.32. The summed E-state index contributed by atoms with van der Waals surface area (Å²) >= 11 is 0. The first-order valence-electron chi connectivity index (χ1n) is 9.98. The van der Waals surface area contributed by atoms with Crippen molar-refractivity contribution in [2.24, 2.45) is 0 Å². The first kappa shape index (κ1) is 20.8. The van der Waals surface area contributed by atoms with Crippen LogP contribution in [0.2, 0.25) is 0 Å². The van der Waals surface area contributed by atoms with Gasteiger partial charge in [0.2, 0.25) is 15.9 Å². The summed E-state index contributed by atoms with van der Waals surface area (Å²) in [5, 5.41) is 4.90. The van der Waals surface area contributed by atoms with E-state index in [-0.39, 0.29) is 29.8 Å². The Kier molecular flexibility index (Phi) is 7.04. The van der Waals surface area contributed by atoms with Crippen molar-refractivity contribution in [3.05, 3.63) is 42.5 Å². The van der Waals surface area contributed by atoms with E-state index in [1.165, 1.54) is 0 Å². The second-order valence-corrected chi connectivity index (χ2v) is 9.11. The van der Waals surface area contributed by atoms with E-state index in [0.717, 1.165) is 49.7 Å². The third-order valence-electron chi connectivity index (χ3n) is 5.17. The summed E-state index contributed by atoms with van der Waals surface area (Å²) in [7, 11) is -3.63. The molecule has 0 saturated carbocycles. The van der Waals surface area contributed by atoms with Crippen molar-refractivity contribution in [1.82, 2.24) is 14.9 Å². The topological polar surface area (TPSA) is 78.5 Å². The Labute approximate surface area is 167 Å². The van der Waals surface area contributed by atoms with Gasteiger partial charge in [0.05, 0.1) is 4.90 Å². The summed E-state index contributed by atoms with van der Waals surface area (Å²) in [6, 6.07) is 12.9. The lowest BCUT2D eigenvalue weighted by molar-refractivity contribution is -0.121. The van der Waals surface area contributed by atoms with Crippen molar-refractivity contribution in [3.63, 3.8) is 0 Å². The number of sulfonamides is 1. The summed E-state index contributed by atoms with van der Waals surface area (Å²) in [6.07, 6.45) is 3.19. The van der Waals surface area contributed by atoms with E-state index in [1.807, 2.05) is 24.3 Å². The van der Waals surface area contributed by atoms with Crippen LogP contribution in [-0.2, 0) is 14.8 Å². The third-order valence-corrected chi connectivity index (χ3v) is 6.63. The highest BCUT2D eigenvalue weighted by Gasteiger charge is 2.20. The second kappa shape index (κ2) is 9.49. The Morgan fingerprint density at radius 3 is 2.54 bits per heavy atom. The fourth-order valence-corrected chi connectivity index (χ4v) is 4.70. The molecule has 0 atom stereocenters. The van der Waals surface area contributed by atoms with Crippen LogP contribution in [0.25, 0.3) is 10.8 Å². The molecule has 0 aliphatic carbocycles. The van der Waals surface area contributed by atoms with Crippen LogP contribution in [-0.4, -0.2) is 51.4 Å². The van der Waals surface area contributed by atoms with E-state index in [1.54, 1.807) is 18.2 Å². The van der Waals surface area contributed by atoms with Gasteiger partial charge >= 0.3 is 0 Å². The lowest BCUT2D eigenvalue weighted by atomic mass is 10.0. The quantitative estimate of drug-likeness (QED) is 0.710. The van der Waals surface area contributed by atoms with Crippen LogP contribution < -0.4 is 10.0 Å². The van der Waals surface area contributed by atoms with Gasteiger partial charge in [-0.3, -0.25) is 4.79 Å². The normalized spacial score (nSPS) is 16.3. The Morgan fingerprint density at radius 2 is 1.82 bits per heavy atom. The highest BCUT2D eigenvalue weighted by molar-refractivity contribution is 7.89. The molecule has 0 spiro atoms. The number of nitrogens with zero attached hydrogens (tertiary/aromatic N) is 1. The SMILES string of the molecule is CCCN1CCC(NC(=O)CCNS(=O)(=O)c2ccc3ccccc3c2)CC1. The molecule has 1 saturated heterocycles.